The molecule has 144 valence electrons. The number of pyridine rings is 1. The van der Waals surface area contributed by atoms with Gasteiger partial charge in [-0.1, -0.05) is 19.4 Å². The summed E-state index contributed by atoms with van der Waals surface area (Å²) in [6.45, 7) is 3.72. The fourth-order valence-corrected chi connectivity index (χ4v) is 3.44. The summed E-state index contributed by atoms with van der Waals surface area (Å²) in [6.07, 6.45) is 4.96. The van der Waals surface area contributed by atoms with Crippen LogP contribution in [0.4, 0.5) is 0 Å². The first-order valence-electron chi connectivity index (χ1n) is 9.58. The van der Waals surface area contributed by atoms with Gasteiger partial charge in [0.05, 0.1) is 17.9 Å². The van der Waals surface area contributed by atoms with Crippen LogP contribution in [-0.4, -0.2) is 44.6 Å². The minimum atomic E-state index is -0.0556. The molecule has 1 aliphatic rings. The van der Waals surface area contributed by atoms with Crippen molar-refractivity contribution in [3.05, 3.63) is 47.5 Å². The molecule has 0 saturated carbocycles. The van der Waals surface area contributed by atoms with E-state index in [1.54, 1.807) is 10.9 Å². The van der Waals surface area contributed by atoms with Crippen LogP contribution in [0.1, 0.15) is 48.1 Å². The Morgan fingerprint density at radius 3 is 2.67 bits per heavy atom. The molecule has 2 amide bonds. The smallest absolute Gasteiger partial charge is 0.272 e. The fraction of sp³-hybridized carbons (Fsp3) is 0.500. The number of hydrogen-bond donors (Lipinski definition) is 1. The van der Waals surface area contributed by atoms with E-state index in [-0.39, 0.29) is 17.7 Å². The number of piperidine rings is 1. The molecule has 2 aromatic heterocycles. The van der Waals surface area contributed by atoms with Crippen molar-refractivity contribution in [1.29, 1.82) is 0 Å². The molecular weight excluding hydrogens is 342 g/mol. The molecule has 7 nitrogen and oxygen atoms in total. The molecule has 7 heteroatoms. The molecule has 0 spiro atoms. The van der Waals surface area contributed by atoms with Crippen LogP contribution < -0.4 is 5.32 Å². The summed E-state index contributed by atoms with van der Waals surface area (Å²) in [6, 6.07) is 7.54. The van der Waals surface area contributed by atoms with Crippen molar-refractivity contribution in [2.75, 3.05) is 13.1 Å². The first kappa shape index (κ1) is 19.1. The van der Waals surface area contributed by atoms with Crippen LogP contribution in [0.25, 0.3) is 0 Å². The summed E-state index contributed by atoms with van der Waals surface area (Å²) in [5, 5.41) is 7.36. The molecule has 3 rings (SSSR count). The number of carbonyl (C=O) groups is 2. The van der Waals surface area contributed by atoms with Crippen LogP contribution in [0, 0.1) is 5.92 Å². The number of rotatable bonds is 6. The molecule has 0 aliphatic carbocycles. The zero-order valence-corrected chi connectivity index (χ0v) is 16.0. The van der Waals surface area contributed by atoms with Crippen molar-refractivity contribution in [3.8, 4) is 0 Å². The Bertz CT molecular complexity index is 779. The highest BCUT2D eigenvalue weighted by molar-refractivity contribution is 5.93. The second-order valence-electron chi connectivity index (χ2n) is 7.00. The minimum Gasteiger partial charge on any atom is -0.350 e. The summed E-state index contributed by atoms with van der Waals surface area (Å²) < 4.78 is 1.67. The topological polar surface area (TPSA) is 80.1 Å². The Kier molecular flexibility index (Phi) is 6.21. The summed E-state index contributed by atoms with van der Waals surface area (Å²) in [5.74, 6) is -0.0156. The van der Waals surface area contributed by atoms with Gasteiger partial charge in [0.25, 0.3) is 5.91 Å². The lowest BCUT2D eigenvalue weighted by Crippen LogP contribution is -2.43. The van der Waals surface area contributed by atoms with E-state index >= 15 is 0 Å². The predicted octanol–water partition coefficient (Wildman–Crippen LogP) is 1.94. The number of aryl methyl sites for hydroxylation is 2. The summed E-state index contributed by atoms with van der Waals surface area (Å²) in [4.78, 5) is 31.2. The normalized spacial score (nSPS) is 15.0. The molecule has 0 atom stereocenters. The maximum atomic E-state index is 12.8. The van der Waals surface area contributed by atoms with E-state index < -0.39 is 0 Å². The highest BCUT2D eigenvalue weighted by Gasteiger charge is 2.29. The van der Waals surface area contributed by atoms with Crippen LogP contribution in [0.2, 0.25) is 0 Å². The zero-order valence-electron chi connectivity index (χ0n) is 16.0. The molecule has 1 aliphatic heterocycles. The number of nitrogens with one attached hydrogen (secondary N) is 1. The van der Waals surface area contributed by atoms with Crippen molar-refractivity contribution in [3.63, 3.8) is 0 Å². The molecule has 3 heterocycles. The Labute approximate surface area is 159 Å². The van der Waals surface area contributed by atoms with Crippen molar-refractivity contribution in [2.24, 2.45) is 13.0 Å². The zero-order chi connectivity index (χ0) is 19.2. The summed E-state index contributed by atoms with van der Waals surface area (Å²) >= 11 is 0. The maximum Gasteiger partial charge on any atom is 0.272 e. The molecule has 0 radical (unpaired) electrons. The van der Waals surface area contributed by atoms with E-state index in [1.165, 1.54) is 0 Å². The maximum absolute atomic E-state index is 12.8. The van der Waals surface area contributed by atoms with Gasteiger partial charge in [-0.25, -0.2) is 0 Å². The third-order valence-electron chi connectivity index (χ3n) is 4.98. The molecule has 0 unspecified atom stereocenters. The Morgan fingerprint density at radius 2 is 2.00 bits per heavy atom. The van der Waals surface area contributed by atoms with Crippen LogP contribution in [-0.2, 0) is 24.8 Å². The number of nitrogens with zero attached hydrogens (tertiary/aromatic N) is 4. The third kappa shape index (κ3) is 4.72. The molecule has 1 saturated heterocycles. The number of carbonyl (C=O) groups excluding carboxylic acids is 2. The fourth-order valence-electron chi connectivity index (χ4n) is 3.44. The van der Waals surface area contributed by atoms with E-state index in [0.29, 0.717) is 38.2 Å². The van der Waals surface area contributed by atoms with Crippen LogP contribution >= 0.6 is 0 Å². The van der Waals surface area contributed by atoms with Crippen molar-refractivity contribution in [1.82, 2.24) is 25.0 Å². The molecule has 2 aromatic rings. The molecule has 1 fully saturated rings. The first-order chi connectivity index (χ1) is 13.1. The third-order valence-corrected chi connectivity index (χ3v) is 4.98. The average Bonchev–Trinajstić information content (AvgIpc) is 3.07. The lowest BCUT2D eigenvalue weighted by Gasteiger charge is -2.31. The lowest BCUT2D eigenvalue weighted by molar-refractivity contribution is -0.126. The van der Waals surface area contributed by atoms with Crippen molar-refractivity contribution < 1.29 is 9.59 Å². The molecule has 27 heavy (non-hydrogen) atoms. The molecule has 0 aromatic carbocycles. The highest BCUT2D eigenvalue weighted by atomic mass is 16.2. The van der Waals surface area contributed by atoms with Gasteiger partial charge in [-0.3, -0.25) is 19.3 Å². The van der Waals surface area contributed by atoms with Gasteiger partial charge >= 0.3 is 0 Å². The van der Waals surface area contributed by atoms with Gasteiger partial charge in [-0.05, 0) is 37.5 Å². The van der Waals surface area contributed by atoms with E-state index in [0.717, 1.165) is 24.2 Å². The van der Waals surface area contributed by atoms with E-state index in [4.69, 9.17) is 0 Å². The number of likely N-dealkylation sites (tertiary alicyclic amines) is 1. The van der Waals surface area contributed by atoms with E-state index in [1.807, 2.05) is 36.2 Å². The Morgan fingerprint density at radius 1 is 1.22 bits per heavy atom. The Balaban J connectivity index is 1.50. The van der Waals surface area contributed by atoms with Crippen LogP contribution in [0.3, 0.4) is 0 Å². The summed E-state index contributed by atoms with van der Waals surface area (Å²) in [5.41, 5.74) is 2.42. The average molecular weight is 369 g/mol. The monoisotopic (exact) mass is 369 g/mol. The Hall–Kier alpha value is -2.70. The summed E-state index contributed by atoms with van der Waals surface area (Å²) in [7, 11) is 1.81. The number of aromatic nitrogens is 3. The molecular formula is C20H27N5O2. The standard InChI is InChI=1S/C20H27N5O2/c1-3-6-16-13-18(24(2)23-16)20(27)25-11-8-15(9-12-25)19(26)22-14-17-7-4-5-10-21-17/h4-5,7,10,13,15H,3,6,8-9,11-12,14H2,1-2H3,(H,22,26). The van der Waals surface area contributed by atoms with Gasteiger partial charge in [0.2, 0.25) is 5.91 Å². The number of amides is 2. The van der Waals surface area contributed by atoms with Gasteiger partial charge in [0, 0.05) is 32.3 Å². The highest BCUT2D eigenvalue weighted by Crippen LogP contribution is 2.20. The van der Waals surface area contributed by atoms with Gasteiger partial charge in [0.15, 0.2) is 0 Å². The van der Waals surface area contributed by atoms with Crippen LogP contribution in [0.15, 0.2) is 30.5 Å². The van der Waals surface area contributed by atoms with Gasteiger partial charge < -0.3 is 10.2 Å². The SMILES string of the molecule is CCCc1cc(C(=O)N2CCC(C(=O)NCc3ccccn3)CC2)n(C)n1. The second-order valence-corrected chi connectivity index (χ2v) is 7.00. The largest absolute Gasteiger partial charge is 0.350 e. The second kappa shape index (κ2) is 8.79. The predicted molar refractivity (Wildman–Crippen MR) is 102 cm³/mol. The van der Waals surface area contributed by atoms with Gasteiger partial charge in [0.1, 0.15) is 5.69 Å². The van der Waals surface area contributed by atoms with E-state index in [2.05, 4.69) is 22.3 Å². The lowest BCUT2D eigenvalue weighted by atomic mass is 9.95. The minimum absolute atomic E-state index is 0.000281. The molecule has 0 bridgehead atoms. The first-order valence-corrected chi connectivity index (χ1v) is 9.58. The number of hydrogen-bond acceptors (Lipinski definition) is 4. The quantitative estimate of drug-likeness (QED) is 0.844. The van der Waals surface area contributed by atoms with Crippen molar-refractivity contribution in [2.45, 2.75) is 39.2 Å². The van der Waals surface area contributed by atoms with E-state index in [9.17, 15) is 9.59 Å². The van der Waals surface area contributed by atoms with Gasteiger partial charge in [-0.2, -0.15) is 5.10 Å². The van der Waals surface area contributed by atoms with Gasteiger partial charge in [-0.15, -0.1) is 0 Å². The van der Waals surface area contributed by atoms with Crippen molar-refractivity contribution >= 4 is 11.8 Å². The van der Waals surface area contributed by atoms with Crippen LogP contribution in [0.5, 0.6) is 0 Å². The molecule has 1 N–H and O–H groups in total.